The summed E-state index contributed by atoms with van der Waals surface area (Å²) >= 11 is 5.46. The number of hydrogen-bond acceptors (Lipinski definition) is 4. The van der Waals surface area contributed by atoms with Gasteiger partial charge in [0.25, 0.3) is 5.56 Å². The number of H-pyrrole nitrogens is 1. The van der Waals surface area contributed by atoms with E-state index in [9.17, 15) is 4.79 Å². The van der Waals surface area contributed by atoms with Gasteiger partial charge in [-0.2, -0.15) is 0 Å². The molecule has 6 nitrogen and oxygen atoms in total. The van der Waals surface area contributed by atoms with E-state index in [1.54, 1.807) is 21.3 Å². The van der Waals surface area contributed by atoms with Crippen molar-refractivity contribution < 1.29 is 9.47 Å². The molecule has 7 heteroatoms. The summed E-state index contributed by atoms with van der Waals surface area (Å²) in [5.74, 6) is 1.54. The SMILES string of the molecule is CNC(=S)N(Cc1ccc(OC)cc1)Cc1cc2cc(OC)ccc2[nH]c1=O. The summed E-state index contributed by atoms with van der Waals surface area (Å²) in [4.78, 5) is 17.5. The monoisotopic (exact) mass is 397 g/mol. The van der Waals surface area contributed by atoms with Crippen molar-refractivity contribution in [3.05, 3.63) is 70.0 Å². The fourth-order valence-electron chi connectivity index (χ4n) is 2.99. The molecule has 0 fully saturated rings. The quantitative estimate of drug-likeness (QED) is 0.623. The average molecular weight is 398 g/mol. The molecule has 0 bridgehead atoms. The van der Waals surface area contributed by atoms with Crippen LogP contribution < -0.4 is 20.3 Å². The summed E-state index contributed by atoms with van der Waals surface area (Å²) in [6.45, 7) is 0.952. The van der Waals surface area contributed by atoms with Crippen molar-refractivity contribution in [1.82, 2.24) is 15.2 Å². The van der Waals surface area contributed by atoms with Gasteiger partial charge in [0.15, 0.2) is 5.11 Å². The number of pyridine rings is 1. The first-order chi connectivity index (χ1) is 13.5. The molecule has 0 saturated carbocycles. The van der Waals surface area contributed by atoms with E-state index in [1.165, 1.54) is 0 Å². The molecule has 3 rings (SSSR count). The van der Waals surface area contributed by atoms with E-state index in [2.05, 4.69) is 10.3 Å². The summed E-state index contributed by atoms with van der Waals surface area (Å²) in [7, 11) is 5.03. The Bertz CT molecular complexity index is 1030. The molecule has 0 spiro atoms. The number of nitrogens with one attached hydrogen (secondary N) is 2. The van der Waals surface area contributed by atoms with E-state index in [0.717, 1.165) is 28.0 Å². The Morgan fingerprint density at radius 2 is 1.71 bits per heavy atom. The summed E-state index contributed by atoms with van der Waals surface area (Å²) < 4.78 is 10.5. The van der Waals surface area contributed by atoms with Gasteiger partial charge in [0.05, 0.1) is 20.8 Å². The number of benzene rings is 2. The number of fused-ring (bicyclic) bond motifs is 1. The highest BCUT2D eigenvalue weighted by Gasteiger charge is 2.13. The number of aromatic amines is 1. The molecule has 0 saturated heterocycles. The van der Waals surface area contributed by atoms with Gasteiger partial charge in [0.1, 0.15) is 11.5 Å². The van der Waals surface area contributed by atoms with Crippen molar-refractivity contribution in [3.8, 4) is 11.5 Å². The minimum Gasteiger partial charge on any atom is -0.497 e. The summed E-state index contributed by atoms with van der Waals surface area (Å²) in [5, 5.41) is 4.48. The Balaban J connectivity index is 1.90. The van der Waals surface area contributed by atoms with E-state index < -0.39 is 0 Å². The Labute approximate surface area is 169 Å². The Morgan fingerprint density at radius 3 is 2.36 bits per heavy atom. The molecule has 0 aliphatic carbocycles. The largest absolute Gasteiger partial charge is 0.497 e. The van der Waals surface area contributed by atoms with Gasteiger partial charge in [-0.25, -0.2) is 0 Å². The van der Waals surface area contributed by atoms with Gasteiger partial charge in [-0.05, 0) is 54.2 Å². The molecule has 2 N–H and O–H groups in total. The van der Waals surface area contributed by atoms with Crippen LogP contribution in [0.25, 0.3) is 10.9 Å². The highest BCUT2D eigenvalue weighted by molar-refractivity contribution is 7.80. The second kappa shape index (κ2) is 8.75. The van der Waals surface area contributed by atoms with Crippen molar-refractivity contribution >= 4 is 28.2 Å². The van der Waals surface area contributed by atoms with Crippen LogP contribution in [0.2, 0.25) is 0 Å². The van der Waals surface area contributed by atoms with E-state index in [4.69, 9.17) is 21.7 Å². The highest BCUT2D eigenvalue weighted by atomic mass is 32.1. The summed E-state index contributed by atoms with van der Waals surface area (Å²) in [6, 6.07) is 15.2. The lowest BCUT2D eigenvalue weighted by molar-refractivity contribution is 0.398. The number of rotatable bonds is 6. The molecule has 1 aromatic heterocycles. The zero-order chi connectivity index (χ0) is 20.1. The van der Waals surface area contributed by atoms with Gasteiger partial charge in [-0.3, -0.25) is 4.79 Å². The highest BCUT2D eigenvalue weighted by Crippen LogP contribution is 2.20. The molecule has 0 amide bonds. The van der Waals surface area contributed by atoms with E-state index in [1.807, 2.05) is 53.4 Å². The second-order valence-corrected chi connectivity index (χ2v) is 6.72. The van der Waals surface area contributed by atoms with Crippen molar-refractivity contribution in [3.63, 3.8) is 0 Å². The van der Waals surface area contributed by atoms with Gasteiger partial charge in [-0.1, -0.05) is 12.1 Å². The predicted octanol–water partition coefficient (Wildman–Crippen LogP) is 3.05. The Hall–Kier alpha value is -3.06. The normalized spacial score (nSPS) is 10.5. The lowest BCUT2D eigenvalue weighted by Gasteiger charge is -2.25. The van der Waals surface area contributed by atoms with Crippen LogP contribution in [-0.2, 0) is 13.1 Å². The van der Waals surface area contributed by atoms with E-state index in [-0.39, 0.29) is 5.56 Å². The van der Waals surface area contributed by atoms with Crippen LogP contribution in [0.15, 0.2) is 53.3 Å². The molecular formula is C21H23N3O3S. The van der Waals surface area contributed by atoms with Crippen LogP contribution in [0, 0.1) is 0 Å². The minimum absolute atomic E-state index is 0.128. The first-order valence-electron chi connectivity index (χ1n) is 8.83. The van der Waals surface area contributed by atoms with E-state index in [0.29, 0.717) is 23.8 Å². The minimum atomic E-state index is -0.128. The van der Waals surface area contributed by atoms with Crippen molar-refractivity contribution in [1.29, 1.82) is 0 Å². The van der Waals surface area contributed by atoms with Crippen molar-refractivity contribution in [2.24, 2.45) is 0 Å². The third kappa shape index (κ3) is 4.43. The van der Waals surface area contributed by atoms with Gasteiger partial charge < -0.3 is 24.7 Å². The average Bonchev–Trinajstić information content (AvgIpc) is 2.73. The third-order valence-electron chi connectivity index (χ3n) is 4.52. The molecule has 0 atom stereocenters. The van der Waals surface area contributed by atoms with Gasteiger partial charge >= 0.3 is 0 Å². The maximum atomic E-state index is 12.6. The molecule has 0 unspecified atom stereocenters. The Morgan fingerprint density at radius 1 is 1.04 bits per heavy atom. The number of aromatic nitrogens is 1. The lowest BCUT2D eigenvalue weighted by atomic mass is 10.1. The van der Waals surface area contributed by atoms with Gasteiger partial charge in [0.2, 0.25) is 0 Å². The predicted molar refractivity (Wildman–Crippen MR) is 115 cm³/mol. The van der Waals surface area contributed by atoms with Crippen LogP contribution in [0.1, 0.15) is 11.1 Å². The third-order valence-corrected chi connectivity index (χ3v) is 4.99. The number of thiocarbonyl (C=S) groups is 1. The standard InChI is InChI=1S/C21H23N3O3S/c1-22-21(28)24(12-14-4-6-17(26-2)7-5-14)13-16-10-15-11-18(27-3)8-9-19(15)23-20(16)25/h4-11H,12-13H2,1-3H3,(H,22,28)(H,23,25). The molecule has 28 heavy (non-hydrogen) atoms. The molecule has 2 aromatic carbocycles. The maximum absolute atomic E-state index is 12.6. The lowest BCUT2D eigenvalue weighted by Crippen LogP contribution is -2.38. The summed E-state index contributed by atoms with van der Waals surface area (Å²) in [6.07, 6.45) is 0. The number of methoxy groups -OCH3 is 2. The van der Waals surface area contributed by atoms with Crippen LogP contribution in [0.5, 0.6) is 11.5 Å². The first kappa shape index (κ1) is 19.7. The fraction of sp³-hybridized carbons (Fsp3) is 0.238. The molecular weight excluding hydrogens is 374 g/mol. The maximum Gasteiger partial charge on any atom is 0.253 e. The van der Waals surface area contributed by atoms with Crippen molar-refractivity contribution in [2.45, 2.75) is 13.1 Å². The topological polar surface area (TPSA) is 66.6 Å². The van der Waals surface area contributed by atoms with Crippen molar-refractivity contribution in [2.75, 3.05) is 21.3 Å². The number of nitrogens with zero attached hydrogens (tertiary/aromatic N) is 1. The smallest absolute Gasteiger partial charge is 0.253 e. The van der Waals surface area contributed by atoms with Gasteiger partial charge in [0, 0.05) is 30.1 Å². The zero-order valence-electron chi connectivity index (χ0n) is 16.1. The molecule has 146 valence electrons. The van der Waals surface area contributed by atoms with Crippen LogP contribution in [0.4, 0.5) is 0 Å². The van der Waals surface area contributed by atoms with Crippen LogP contribution in [-0.4, -0.2) is 36.3 Å². The second-order valence-electron chi connectivity index (χ2n) is 6.34. The molecule has 0 aliphatic rings. The number of ether oxygens (including phenoxy) is 2. The van der Waals surface area contributed by atoms with E-state index >= 15 is 0 Å². The van der Waals surface area contributed by atoms with Crippen LogP contribution >= 0.6 is 12.2 Å². The molecule has 1 heterocycles. The molecule has 0 aliphatic heterocycles. The molecule has 3 aromatic rings. The fourth-order valence-corrected chi connectivity index (χ4v) is 3.12. The summed E-state index contributed by atoms with van der Waals surface area (Å²) in [5.41, 5.74) is 2.34. The van der Waals surface area contributed by atoms with Crippen LogP contribution in [0.3, 0.4) is 0 Å². The Kier molecular flexibility index (Phi) is 6.16. The molecule has 0 radical (unpaired) electrons. The van der Waals surface area contributed by atoms with Gasteiger partial charge in [-0.15, -0.1) is 0 Å². The number of hydrogen-bond donors (Lipinski definition) is 2. The first-order valence-corrected chi connectivity index (χ1v) is 9.24. The zero-order valence-corrected chi connectivity index (χ0v) is 16.9.